The van der Waals surface area contributed by atoms with E-state index in [9.17, 15) is 0 Å². The van der Waals surface area contributed by atoms with Crippen LogP contribution in [-0.2, 0) is 0 Å². The van der Waals surface area contributed by atoms with Gasteiger partial charge >= 0.3 is 0 Å². The molecular formula is C16H25N. The van der Waals surface area contributed by atoms with Crippen molar-refractivity contribution in [3.63, 3.8) is 0 Å². The number of benzene rings is 1. The van der Waals surface area contributed by atoms with Crippen molar-refractivity contribution in [2.24, 2.45) is 11.7 Å². The normalized spacial score (nSPS) is 18.5. The zero-order chi connectivity index (χ0) is 12.1. The van der Waals surface area contributed by atoms with E-state index in [0.717, 1.165) is 12.5 Å². The predicted octanol–water partition coefficient (Wildman–Crippen LogP) is 4.01. The highest BCUT2D eigenvalue weighted by atomic mass is 14.5. The van der Waals surface area contributed by atoms with E-state index in [1.54, 1.807) is 0 Å². The maximum absolute atomic E-state index is 5.94. The van der Waals surface area contributed by atoms with E-state index in [-0.39, 0.29) is 0 Å². The van der Waals surface area contributed by atoms with Gasteiger partial charge in [0.1, 0.15) is 0 Å². The number of hydrogen-bond acceptors (Lipinski definition) is 1. The van der Waals surface area contributed by atoms with Gasteiger partial charge in [-0.2, -0.15) is 0 Å². The van der Waals surface area contributed by atoms with Gasteiger partial charge in [0, 0.05) is 0 Å². The van der Waals surface area contributed by atoms with Crippen LogP contribution in [0.4, 0.5) is 0 Å². The van der Waals surface area contributed by atoms with Crippen molar-refractivity contribution >= 4 is 0 Å². The van der Waals surface area contributed by atoms with E-state index >= 15 is 0 Å². The lowest BCUT2D eigenvalue weighted by Crippen LogP contribution is -2.13. The molecule has 1 heteroatoms. The summed E-state index contributed by atoms with van der Waals surface area (Å²) in [4.78, 5) is 0. The molecule has 1 nitrogen and oxygen atoms in total. The molecule has 0 aliphatic heterocycles. The second kappa shape index (κ2) is 6.20. The van der Waals surface area contributed by atoms with Crippen LogP contribution in [0.15, 0.2) is 24.3 Å². The van der Waals surface area contributed by atoms with E-state index < -0.39 is 0 Å². The fourth-order valence-electron chi connectivity index (χ4n) is 3.08. The minimum Gasteiger partial charge on any atom is -0.330 e. The van der Waals surface area contributed by atoms with Crippen molar-refractivity contribution in [2.45, 2.75) is 51.4 Å². The van der Waals surface area contributed by atoms with Gasteiger partial charge in [-0.3, -0.25) is 0 Å². The van der Waals surface area contributed by atoms with E-state index in [0.29, 0.717) is 5.92 Å². The summed E-state index contributed by atoms with van der Waals surface area (Å²) in [7, 11) is 0. The van der Waals surface area contributed by atoms with Crippen LogP contribution >= 0.6 is 0 Å². The third kappa shape index (κ3) is 3.57. The Balaban J connectivity index is 1.91. The second-order valence-electron chi connectivity index (χ2n) is 5.57. The van der Waals surface area contributed by atoms with Crippen LogP contribution in [-0.4, -0.2) is 6.54 Å². The Morgan fingerprint density at radius 3 is 2.71 bits per heavy atom. The first kappa shape index (κ1) is 12.6. The van der Waals surface area contributed by atoms with Gasteiger partial charge in [-0.15, -0.1) is 0 Å². The first-order chi connectivity index (χ1) is 8.29. The second-order valence-corrected chi connectivity index (χ2v) is 5.57. The zero-order valence-corrected chi connectivity index (χ0v) is 11.0. The van der Waals surface area contributed by atoms with Crippen molar-refractivity contribution in [2.75, 3.05) is 6.54 Å². The first-order valence-corrected chi connectivity index (χ1v) is 7.06. The average Bonchev–Trinajstić information content (AvgIpc) is 2.83. The van der Waals surface area contributed by atoms with E-state index in [1.807, 2.05) is 0 Å². The summed E-state index contributed by atoms with van der Waals surface area (Å²) >= 11 is 0. The lowest BCUT2D eigenvalue weighted by molar-refractivity contribution is 0.452. The van der Waals surface area contributed by atoms with Gasteiger partial charge in [0.2, 0.25) is 0 Å². The van der Waals surface area contributed by atoms with Crippen LogP contribution in [0.1, 0.15) is 55.6 Å². The van der Waals surface area contributed by atoms with E-state index in [2.05, 4.69) is 31.2 Å². The molecule has 0 amide bonds. The molecule has 1 fully saturated rings. The predicted molar refractivity (Wildman–Crippen MR) is 74.2 cm³/mol. The lowest BCUT2D eigenvalue weighted by atomic mass is 9.89. The van der Waals surface area contributed by atoms with Gasteiger partial charge in [-0.25, -0.2) is 0 Å². The van der Waals surface area contributed by atoms with Crippen LogP contribution in [0.25, 0.3) is 0 Å². The van der Waals surface area contributed by atoms with Gasteiger partial charge in [0.25, 0.3) is 0 Å². The molecule has 0 spiro atoms. The number of rotatable bonds is 5. The lowest BCUT2D eigenvalue weighted by Gasteiger charge is -2.18. The Kier molecular flexibility index (Phi) is 4.61. The van der Waals surface area contributed by atoms with Crippen LogP contribution in [0, 0.1) is 12.8 Å². The third-order valence-corrected chi connectivity index (χ3v) is 4.20. The van der Waals surface area contributed by atoms with Crippen molar-refractivity contribution in [1.82, 2.24) is 0 Å². The van der Waals surface area contributed by atoms with Gasteiger partial charge in [0.05, 0.1) is 0 Å². The van der Waals surface area contributed by atoms with Crippen LogP contribution in [0.2, 0.25) is 0 Å². The molecule has 2 rings (SSSR count). The molecule has 0 aromatic heterocycles. The number of hydrogen-bond donors (Lipinski definition) is 1. The molecule has 1 aliphatic rings. The molecule has 1 aromatic carbocycles. The highest BCUT2D eigenvalue weighted by molar-refractivity contribution is 5.25. The molecule has 1 saturated carbocycles. The van der Waals surface area contributed by atoms with Gasteiger partial charge in [-0.1, -0.05) is 55.5 Å². The maximum atomic E-state index is 5.94. The van der Waals surface area contributed by atoms with E-state index in [1.165, 1.54) is 49.7 Å². The molecule has 0 bridgehead atoms. The molecule has 1 atom stereocenters. The SMILES string of the molecule is Cc1cccc(C(CN)CCC2CCCC2)c1. The molecule has 94 valence electrons. The fourth-order valence-corrected chi connectivity index (χ4v) is 3.08. The summed E-state index contributed by atoms with van der Waals surface area (Å²) in [5, 5.41) is 0. The Labute approximate surface area is 105 Å². The Morgan fingerprint density at radius 2 is 2.06 bits per heavy atom. The molecule has 0 radical (unpaired) electrons. The highest BCUT2D eigenvalue weighted by Gasteiger charge is 2.17. The van der Waals surface area contributed by atoms with Gasteiger partial charge in [0.15, 0.2) is 0 Å². The molecule has 2 N–H and O–H groups in total. The van der Waals surface area contributed by atoms with Crippen LogP contribution < -0.4 is 5.73 Å². The Hall–Kier alpha value is -0.820. The molecule has 1 unspecified atom stereocenters. The fraction of sp³-hybridized carbons (Fsp3) is 0.625. The largest absolute Gasteiger partial charge is 0.330 e. The molecule has 0 heterocycles. The summed E-state index contributed by atoms with van der Waals surface area (Å²) < 4.78 is 0. The van der Waals surface area contributed by atoms with E-state index in [4.69, 9.17) is 5.73 Å². The summed E-state index contributed by atoms with van der Waals surface area (Å²) in [6.07, 6.45) is 8.43. The maximum Gasteiger partial charge on any atom is -0.000823 e. The summed E-state index contributed by atoms with van der Waals surface area (Å²) in [5.74, 6) is 1.55. The zero-order valence-electron chi connectivity index (χ0n) is 11.0. The summed E-state index contributed by atoms with van der Waals surface area (Å²) in [5.41, 5.74) is 8.72. The van der Waals surface area contributed by atoms with Crippen molar-refractivity contribution in [3.8, 4) is 0 Å². The minimum absolute atomic E-state index is 0.565. The topological polar surface area (TPSA) is 26.0 Å². The minimum atomic E-state index is 0.565. The average molecular weight is 231 g/mol. The molecule has 17 heavy (non-hydrogen) atoms. The smallest absolute Gasteiger partial charge is 0.000823 e. The molecule has 1 aromatic rings. The molecule has 1 aliphatic carbocycles. The third-order valence-electron chi connectivity index (χ3n) is 4.20. The monoisotopic (exact) mass is 231 g/mol. The molecule has 0 saturated heterocycles. The molecular weight excluding hydrogens is 206 g/mol. The summed E-state index contributed by atoms with van der Waals surface area (Å²) in [6, 6.07) is 8.85. The first-order valence-electron chi connectivity index (χ1n) is 7.06. The summed E-state index contributed by atoms with van der Waals surface area (Å²) in [6.45, 7) is 2.95. The van der Waals surface area contributed by atoms with Gasteiger partial charge < -0.3 is 5.73 Å². The quantitative estimate of drug-likeness (QED) is 0.814. The Bertz CT molecular complexity index is 339. The van der Waals surface area contributed by atoms with Gasteiger partial charge in [-0.05, 0) is 43.7 Å². The van der Waals surface area contributed by atoms with Crippen molar-refractivity contribution < 1.29 is 0 Å². The standard InChI is InChI=1S/C16H25N/c1-13-5-4-8-15(11-13)16(12-17)10-9-14-6-2-3-7-14/h4-5,8,11,14,16H,2-3,6-7,9-10,12,17H2,1H3. The number of nitrogens with two attached hydrogens (primary N) is 1. The van der Waals surface area contributed by atoms with Crippen LogP contribution in [0.5, 0.6) is 0 Å². The Morgan fingerprint density at radius 1 is 1.29 bits per heavy atom. The highest BCUT2D eigenvalue weighted by Crippen LogP contribution is 2.32. The van der Waals surface area contributed by atoms with Crippen molar-refractivity contribution in [1.29, 1.82) is 0 Å². The van der Waals surface area contributed by atoms with Crippen LogP contribution in [0.3, 0.4) is 0 Å². The number of aryl methyl sites for hydroxylation is 1. The van der Waals surface area contributed by atoms with Crippen molar-refractivity contribution in [3.05, 3.63) is 35.4 Å².